The average Bonchev–Trinajstić information content (AvgIpc) is 2.88. The van der Waals surface area contributed by atoms with Crippen molar-refractivity contribution in [1.29, 1.82) is 0 Å². The summed E-state index contributed by atoms with van der Waals surface area (Å²) in [5.41, 5.74) is 1.95. The number of ether oxygens (including phenoxy) is 1. The zero-order valence-electron chi connectivity index (χ0n) is 19.1. The van der Waals surface area contributed by atoms with Crippen molar-refractivity contribution >= 4 is 11.8 Å². The van der Waals surface area contributed by atoms with Gasteiger partial charge < -0.3 is 14.9 Å². The molecule has 31 heavy (non-hydrogen) atoms. The van der Waals surface area contributed by atoms with Crippen LogP contribution in [0.5, 0.6) is 0 Å². The van der Waals surface area contributed by atoms with E-state index in [4.69, 9.17) is 4.74 Å². The number of aliphatic hydroxyl groups excluding tert-OH is 1. The molecule has 168 valence electrons. The molecule has 1 aromatic rings. The fraction of sp³-hybridized carbons (Fsp3) is 0.481. The Bertz CT molecular complexity index is 998. The van der Waals surface area contributed by atoms with Gasteiger partial charge in [0.25, 0.3) is 0 Å². The monoisotopic (exact) mass is 426 g/mol. The maximum Gasteiger partial charge on any atom is 0.164 e. The molecule has 2 aliphatic carbocycles. The molecule has 3 nitrogen and oxygen atoms in total. The van der Waals surface area contributed by atoms with Crippen LogP contribution in [0.15, 0.2) is 53.6 Å². The van der Waals surface area contributed by atoms with Crippen molar-refractivity contribution in [3.05, 3.63) is 69.9 Å². The highest BCUT2D eigenvalue weighted by molar-refractivity contribution is 5.66. The summed E-state index contributed by atoms with van der Waals surface area (Å²) in [6.07, 6.45) is 12.9. The van der Waals surface area contributed by atoms with Crippen molar-refractivity contribution in [3.8, 4) is 0 Å². The molecular formula is C27H35FO3. The highest BCUT2D eigenvalue weighted by Crippen LogP contribution is 2.34. The van der Waals surface area contributed by atoms with E-state index >= 15 is 0 Å². The van der Waals surface area contributed by atoms with E-state index in [-0.39, 0.29) is 23.4 Å². The Morgan fingerprint density at radius 3 is 2.58 bits per heavy atom. The van der Waals surface area contributed by atoms with Gasteiger partial charge in [-0.05, 0) is 66.0 Å². The normalized spacial score (nSPS) is 20.1. The summed E-state index contributed by atoms with van der Waals surface area (Å²) in [6, 6.07) is 4.60. The van der Waals surface area contributed by atoms with Crippen LogP contribution in [0.3, 0.4) is 0 Å². The molecule has 0 radical (unpaired) electrons. The minimum atomic E-state index is -1.04. The van der Waals surface area contributed by atoms with Gasteiger partial charge in [0.2, 0.25) is 0 Å². The van der Waals surface area contributed by atoms with Gasteiger partial charge in [0, 0.05) is 11.1 Å². The average molecular weight is 427 g/mol. The van der Waals surface area contributed by atoms with E-state index in [0.717, 1.165) is 22.8 Å². The van der Waals surface area contributed by atoms with Gasteiger partial charge in [-0.2, -0.15) is 0 Å². The minimum Gasteiger partial charge on any atom is -0.507 e. The molecule has 0 aromatic heterocycles. The highest BCUT2D eigenvalue weighted by atomic mass is 19.1. The van der Waals surface area contributed by atoms with Crippen LogP contribution in [0.25, 0.3) is 11.8 Å². The standard InChI is InChI=1S/C27H35FO3/c1-5-27(30,6-2)31-14-13-18(3)19(4)15-25-23-10-8-7-9-20(23)16-21-11-12-22(28)17-24(21)26(25)29/h7-12,16-20,29-30H,5-6,13-15H2,1-4H3/t18-,19?,20?/m0/s1. The zero-order valence-corrected chi connectivity index (χ0v) is 19.1. The summed E-state index contributed by atoms with van der Waals surface area (Å²) >= 11 is 0. The van der Waals surface area contributed by atoms with Gasteiger partial charge in [-0.1, -0.05) is 64.1 Å². The third kappa shape index (κ3) is 5.36. The van der Waals surface area contributed by atoms with E-state index in [1.165, 1.54) is 12.1 Å². The van der Waals surface area contributed by atoms with Crippen molar-refractivity contribution in [2.75, 3.05) is 6.61 Å². The predicted octanol–water partition coefficient (Wildman–Crippen LogP) is 4.90. The second kappa shape index (κ2) is 9.97. The van der Waals surface area contributed by atoms with E-state index in [1.807, 2.05) is 26.0 Å². The quantitative estimate of drug-likeness (QED) is 0.552. The molecule has 0 aliphatic heterocycles. The van der Waals surface area contributed by atoms with Crippen LogP contribution in [-0.2, 0) is 4.74 Å². The summed E-state index contributed by atoms with van der Waals surface area (Å²) in [7, 11) is 0. The van der Waals surface area contributed by atoms with Crippen molar-refractivity contribution in [2.45, 2.75) is 59.2 Å². The molecule has 0 spiro atoms. The first-order valence-corrected chi connectivity index (χ1v) is 11.4. The summed E-state index contributed by atoms with van der Waals surface area (Å²) in [6.45, 7) is 8.70. The minimum absolute atomic E-state index is 0.0591. The van der Waals surface area contributed by atoms with Gasteiger partial charge in [0.15, 0.2) is 5.79 Å². The molecule has 1 aromatic carbocycles. The van der Waals surface area contributed by atoms with Crippen molar-refractivity contribution in [3.63, 3.8) is 0 Å². The predicted molar refractivity (Wildman–Crippen MR) is 124 cm³/mol. The summed E-state index contributed by atoms with van der Waals surface area (Å²) in [4.78, 5) is 0. The van der Waals surface area contributed by atoms with E-state index in [1.54, 1.807) is 6.07 Å². The highest BCUT2D eigenvalue weighted by Gasteiger charge is 2.26. The Balaban J connectivity index is 1.83. The van der Waals surface area contributed by atoms with E-state index in [9.17, 15) is 14.6 Å². The fourth-order valence-electron chi connectivity index (χ4n) is 4.29. The second-order valence-electron chi connectivity index (χ2n) is 8.90. The number of benzene rings is 1. The van der Waals surface area contributed by atoms with Gasteiger partial charge >= 0.3 is 0 Å². The van der Waals surface area contributed by atoms with Crippen LogP contribution in [0, 0.1) is 23.6 Å². The smallest absolute Gasteiger partial charge is 0.164 e. The Labute approximate surface area is 185 Å². The second-order valence-corrected chi connectivity index (χ2v) is 8.90. The van der Waals surface area contributed by atoms with Crippen molar-refractivity contribution < 1.29 is 19.3 Å². The SMILES string of the molecule is CCC(O)(CC)OCC[C@H](C)C(C)CC1=C2C=CC=CC2C=c2ccc(F)cc2=C1O. The Kier molecular flexibility index (Phi) is 7.55. The van der Waals surface area contributed by atoms with Gasteiger partial charge in [-0.3, -0.25) is 0 Å². The number of allylic oxidation sites excluding steroid dienone is 5. The molecule has 3 rings (SSSR count). The molecule has 2 N–H and O–H groups in total. The molecule has 3 atom stereocenters. The molecule has 4 heteroatoms. The maximum atomic E-state index is 14.0. The molecule has 0 amide bonds. The number of hydrogen-bond acceptors (Lipinski definition) is 3. The summed E-state index contributed by atoms with van der Waals surface area (Å²) in [5.74, 6) is -0.554. The lowest BCUT2D eigenvalue weighted by Gasteiger charge is -2.28. The Hall–Kier alpha value is -2.17. The fourth-order valence-corrected chi connectivity index (χ4v) is 4.29. The van der Waals surface area contributed by atoms with Crippen LogP contribution < -0.4 is 10.4 Å². The zero-order chi connectivity index (χ0) is 22.6. The maximum absolute atomic E-state index is 14.0. The Morgan fingerprint density at radius 2 is 1.87 bits per heavy atom. The molecule has 2 aliphatic rings. The molecule has 0 saturated heterocycles. The van der Waals surface area contributed by atoms with Crippen LogP contribution in [0.1, 0.15) is 53.4 Å². The molecule has 0 fully saturated rings. The van der Waals surface area contributed by atoms with E-state index in [0.29, 0.717) is 37.0 Å². The molecule has 0 bridgehead atoms. The summed E-state index contributed by atoms with van der Waals surface area (Å²) in [5, 5.41) is 22.9. The van der Waals surface area contributed by atoms with E-state index in [2.05, 4.69) is 32.1 Å². The third-order valence-corrected chi connectivity index (χ3v) is 6.87. The van der Waals surface area contributed by atoms with Gasteiger partial charge in [0.1, 0.15) is 11.6 Å². The van der Waals surface area contributed by atoms with E-state index < -0.39 is 5.79 Å². The van der Waals surface area contributed by atoms with Crippen molar-refractivity contribution in [2.24, 2.45) is 17.8 Å². The number of halogens is 1. The number of fused-ring (bicyclic) bond motifs is 2. The van der Waals surface area contributed by atoms with Gasteiger partial charge in [-0.25, -0.2) is 4.39 Å². The molecule has 0 saturated carbocycles. The van der Waals surface area contributed by atoms with Crippen LogP contribution in [0.2, 0.25) is 0 Å². The lowest BCUT2D eigenvalue weighted by Crippen LogP contribution is -2.31. The largest absolute Gasteiger partial charge is 0.507 e. The first-order chi connectivity index (χ1) is 14.8. The van der Waals surface area contributed by atoms with Gasteiger partial charge in [0.05, 0.1) is 6.61 Å². The van der Waals surface area contributed by atoms with Crippen LogP contribution in [0.4, 0.5) is 4.39 Å². The number of aliphatic hydroxyl groups is 2. The van der Waals surface area contributed by atoms with Gasteiger partial charge in [-0.15, -0.1) is 0 Å². The molecule has 2 unspecified atom stereocenters. The Morgan fingerprint density at radius 1 is 1.13 bits per heavy atom. The molecular weight excluding hydrogens is 391 g/mol. The topological polar surface area (TPSA) is 49.7 Å². The summed E-state index contributed by atoms with van der Waals surface area (Å²) < 4.78 is 19.7. The number of rotatable bonds is 9. The van der Waals surface area contributed by atoms with Crippen LogP contribution >= 0.6 is 0 Å². The number of hydrogen-bond donors (Lipinski definition) is 2. The molecule has 0 heterocycles. The lowest BCUT2D eigenvalue weighted by molar-refractivity contribution is -0.208. The first kappa shape index (κ1) is 23.5. The van der Waals surface area contributed by atoms with Crippen molar-refractivity contribution in [1.82, 2.24) is 0 Å². The third-order valence-electron chi connectivity index (χ3n) is 6.87. The lowest BCUT2D eigenvalue weighted by atomic mass is 9.82. The first-order valence-electron chi connectivity index (χ1n) is 11.4. The van der Waals surface area contributed by atoms with Crippen LogP contribution in [-0.4, -0.2) is 22.6 Å².